The summed E-state index contributed by atoms with van der Waals surface area (Å²) in [6.45, 7) is 6.20. The zero-order valence-corrected chi connectivity index (χ0v) is 14.9. The highest BCUT2D eigenvalue weighted by Crippen LogP contribution is 2.24. The number of carbonyl (C=O) groups is 1. The van der Waals surface area contributed by atoms with E-state index in [-0.39, 0.29) is 18.3 Å². The van der Waals surface area contributed by atoms with Gasteiger partial charge in [0.15, 0.2) is 0 Å². The topological polar surface area (TPSA) is 41.1 Å². The summed E-state index contributed by atoms with van der Waals surface area (Å²) >= 11 is 6.03. The predicted molar refractivity (Wildman–Crippen MR) is 94.7 cm³/mol. The molecule has 0 saturated carbocycles. The Bertz CT molecular complexity index is 485. The summed E-state index contributed by atoms with van der Waals surface area (Å²) in [5.41, 5.74) is 0.640. The summed E-state index contributed by atoms with van der Waals surface area (Å²) in [6.07, 6.45) is 3.96. The monoisotopic (exact) mass is 344 g/mol. The van der Waals surface area contributed by atoms with Crippen molar-refractivity contribution >= 4 is 29.9 Å². The van der Waals surface area contributed by atoms with Crippen LogP contribution in [0.1, 0.15) is 45.1 Å². The van der Waals surface area contributed by atoms with Crippen LogP contribution in [-0.4, -0.2) is 19.0 Å². The molecule has 0 spiro atoms. The van der Waals surface area contributed by atoms with Crippen molar-refractivity contribution in [3.05, 3.63) is 34.9 Å². The van der Waals surface area contributed by atoms with Crippen LogP contribution < -0.4 is 10.6 Å². The van der Waals surface area contributed by atoms with Gasteiger partial charge in [-0.3, -0.25) is 4.79 Å². The summed E-state index contributed by atoms with van der Waals surface area (Å²) in [4.78, 5) is 12.2. The van der Waals surface area contributed by atoms with E-state index < -0.39 is 5.54 Å². The highest BCUT2D eigenvalue weighted by atomic mass is 35.5. The van der Waals surface area contributed by atoms with E-state index in [1.807, 2.05) is 38.1 Å². The highest BCUT2D eigenvalue weighted by molar-refractivity contribution is 6.30. The molecule has 2 N–H and O–H groups in total. The van der Waals surface area contributed by atoms with E-state index in [0.29, 0.717) is 17.4 Å². The van der Waals surface area contributed by atoms with Gasteiger partial charge in [-0.25, -0.2) is 0 Å². The van der Waals surface area contributed by atoms with Crippen LogP contribution in [0.25, 0.3) is 0 Å². The lowest BCUT2D eigenvalue weighted by Crippen LogP contribution is -2.41. The molecule has 0 aliphatic carbocycles. The number of amides is 1. The molecule has 1 aromatic rings. The summed E-state index contributed by atoms with van der Waals surface area (Å²) in [7, 11) is 0. The third-order valence-corrected chi connectivity index (χ3v) is 4.47. The van der Waals surface area contributed by atoms with E-state index in [0.717, 1.165) is 25.1 Å². The Hall–Kier alpha value is -0.770. The molecule has 3 nitrogen and oxygen atoms in total. The van der Waals surface area contributed by atoms with Gasteiger partial charge < -0.3 is 10.6 Å². The van der Waals surface area contributed by atoms with Crippen LogP contribution in [-0.2, 0) is 10.3 Å². The minimum Gasteiger partial charge on any atom is -0.347 e. The maximum atomic E-state index is 12.2. The molecule has 0 radical (unpaired) electrons. The van der Waals surface area contributed by atoms with Gasteiger partial charge in [-0.05, 0) is 69.8 Å². The fraction of sp³-hybridized carbons (Fsp3) is 0.588. The molecular weight excluding hydrogens is 319 g/mol. The summed E-state index contributed by atoms with van der Waals surface area (Å²) < 4.78 is 0. The molecule has 1 saturated heterocycles. The van der Waals surface area contributed by atoms with Gasteiger partial charge in [0.05, 0.1) is 5.54 Å². The van der Waals surface area contributed by atoms with Crippen molar-refractivity contribution in [1.29, 1.82) is 0 Å². The minimum absolute atomic E-state index is 0. The fourth-order valence-corrected chi connectivity index (χ4v) is 3.06. The van der Waals surface area contributed by atoms with E-state index >= 15 is 0 Å². The molecule has 1 amide bonds. The molecular formula is C17H26Cl2N2O. The van der Waals surface area contributed by atoms with Gasteiger partial charge in [0.25, 0.3) is 0 Å². The number of halogens is 2. The molecule has 124 valence electrons. The molecule has 1 aromatic carbocycles. The number of piperidine rings is 1. The third-order valence-electron chi connectivity index (χ3n) is 4.24. The molecule has 2 rings (SSSR count). The number of hydrogen-bond donors (Lipinski definition) is 2. The first-order valence-corrected chi connectivity index (χ1v) is 8.13. The second-order valence-electron chi connectivity index (χ2n) is 6.42. The molecule has 1 aliphatic rings. The van der Waals surface area contributed by atoms with E-state index in [1.54, 1.807) is 0 Å². The maximum absolute atomic E-state index is 12.2. The van der Waals surface area contributed by atoms with Crippen molar-refractivity contribution in [1.82, 2.24) is 10.6 Å². The van der Waals surface area contributed by atoms with Gasteiger partial charge in [0, 0.05) is 11.4 Å². The quantitative estimate of drug-likeness (QED) is 0.850. The molecule has 1 fully saturated rings. The normalized spacial score (nSPS) is 16.0. The number of rotatable bonds is 5. The Labute approximate surface area is 144 Å². The number of hydrogen-bond acceptors (Lipinski definition) is 2. The van der Waals surface area contributed by atoms with Crippen molar-refractivity contribution in [2.45, 2.75) is 45.1 Å². The SMILES string of the molecule is CC(C)(NC(=O)CCC1CCNCC1)c1cccc(Cl)c1.Cl. The second-order valence-corrected chi connectivity index (χ2v) is 6.85. The van der Waals surface area contributed by atoms with E-state index in [2.05, 4.69) is 10.6 Å². The minimum atomic E-state index is -0.393. The van der Waals surface area contributed by atoms with Crippen LogP contribution >= 0.6 is 24.0 Å². The summed E-state index contributed by atoms with van der Waals surface area (Å²) in [5, 5.41) is 7.18. The number of benzene rings is 1. The summed E-state index contributed by atoms with van der Waals surface area (Å²) in [6, 6.07) is 7.67. The number of nitrogens with one attached hydrogen (secondary N) is 2. The average molecular weight is 345 g/mol. The molecule has 0 aromatic heterocycles. The van der Waals surface area contributed by atoms with Crippen molar-refractivity contribution in [2.24, 2.45) is 5.92 Å². The van der Waals surface area contributed by atoms with Gasteiger partial charge in [-0.2, -0.15) is 0 Å². The van der Waals surface area contributed by atoms with Crippen LogP contribution in [0.5, 0.6) is 0 Å². The average Bonchev–Trinajstić information content (AvgIpc) is 2.46. The van der Waals surface area contributed by atoms with E-state index in [4.69, 9.17) is 11.6 Å². The maximum Gasteiger partial charge on any atom is 0.220 e. The largest absolute Gasteiger partial charge is 0.347 e. The zero-order chi connectivity index (χ0) is 15.3. The second kappa shape index (κ2) is 8.76. The molecule has 1 heterocycles. The van der Waals surface area contributed by atoms with Gasteiger partial charge >= 0.3 is 0 Å². The van der Waals surface area contributed by atoms with Crippen molar-refractivity contribution in [3.8, 4) is 0 Å². The van der Waals surface area contributed by atoms with Gasteiger partial charge in [0.2, 0.25) is 5.91 Å². The Morgan fingerprint density at radius 1 is 1.36 bits per heavy atom. The fourth-order valence-electron chi connectivity index (χ4n) is 2.87. The zero-order valence-electron chi connectivity index (χ0n) is 13.3. The van der Waals surface area contributed by atoms with E-state index in [1.165, 1.54) is 12.8 Å². The predicted octanol–water partition coefficient (Wildman–Crippen LogP) is 3.89. The molecule has 0 bridgehead atoms. The smallest absolute Gasteiger partial charge is 0.220 e. The lowest BCUT2D eigenvalue weighted by atomic mass is 9.91. The van der Waals surface area contributed by atoms with Crippen molar-refractivity contribution in [2.75, 3.05) is 13.1 Å². The van der Waals surface area contributed by atoms with Crippen molar-refractivity contribution < 1.29 is 4.79 Å². The van der Waals surface area contributed by atoms with Crippen LogP contribution in [0.3, 0.4) is 0 Å². The third kappa shape index (κ3) is 5.79. The van der Waals surface area contributed by atoms with Crippen LogP contribution in [0, 0.1) is 5.92 Å². The summed E-state index contributed by atoms with van der Waals surface area (Å²) in [5.74, 6) is 0.810. The van der Waals surface area contributed by atoms with Crippen LogP contribution in [0.2, 0.25) is 5.02 Å². The van der Waals surface area contributed by atoms with E-state index in [9.17, 15) is 4.79 Å². The van der Waals surface area contributed by atoms with Gasteiger partial charge in [0.1, 0.15) is 0 Å². The standard InChI is InChI=1S/C17H25ClN2O.ClH/c1-17(2,14-4-3-5-15(18)12-14)20-16(21)7-6-13-8-10-19-11-9-13;/h3-5,12-13,19H,6-11H2,1-2H3,(H,20,21);1H. The van der Waals surface area contributed by atoms with Crippen molar-refractivity contribution in [3.63, 3.8) is 0 Å². The molecule has 0 unspecified atom stereocenters. The molecule has 22 heavy (non-hydrogen) atoms. The first kappa shape index (κ1) is 19.3. The Morgan fingerprint density at radius 3 is 2.68 bits per heavy atom. The van der Waals surface area contributed by atoms with Crippen LogP contribution in [0.4, 0.5) is 0 Å². The lowest BCUT2D eigenvalue weighted by molar-refractivity contribution is -0.123. The van der Waals surface area contributed by atoms with Gasteiger partial charge in [-0.15, -0.1) is 12.4 Å². The lowest BCUT2D eigenvalue weighted by Gasteiger charge is -2.28. The number of carbonyl (C=O) groups excluding carboxylic acids is 1. The highest BCUT2D eigenvalue weighted by Gasteiger charge is 2.23. The first-order valence-electron chi connectivity index (χ1n) is 7.75. The Balaban J connectivity index is 0.00000242. The van der Waals surface area contributed by atoms with Crippen LogP contribution in [0.15, 0.2) is 24.3 Å². The molecule has 5 heteroatoms. The molecule has 1 aliphatic heterocycles. The first-order chi connectivity index (χ1) is 9.97. The Morgan fingerprint density at radius 2 is 2.05 bits per heavy atom. The Kier molecular flexibility index (Phi) is 7.67. The molecule has 0 atom stereocenters. The van der Waals surface area contributed by atoms with Gasteiger partial charge in [-0.1, -0.05) is 23.7 Å².